The number of benzene rings is 4. The van der Waals surface area contributed by atoms with Crippen molar-refractivity contribution in [1.82, 2.24) is 9.55 Å². The average Bonchev–Trinajstić information content (AvgIpc) is 3.46. The van der Waals surface area contributed by atoms with Crippen LogP contribution in [0.25, 0.3) is 0 Å². The van der Waals surface area contributed by atoms with E-state index in [-0.39, 0.29) is 17.9 Å². The van der Waals surface area contributed by atoms with Gasteiger partial charge in [0.2, 0.25) is 0 Å². The SMILES string of the molecule is Cc1ccc(S(=O)(=O)O[C@@H]2C[C@@H](n3cc(C)c(=O)[nH]c3=O)O[C@@H]2COC(c2ccccc2)(c2ccccc2)c2ccccc2)cc1. The van der Waals surface area contributed by atoms with Crippen LogP contribution in [0, 0.1) is 13.8 Å². The molecule has 2 heterocycles. The summed E-state index contributed by atoms with van der Waals surface area (Å²) in [5.74, 6) is 0. The predicted octanol–water partition coefficient (Wildman–Crippen LogP) is 5.22. The predicted molar refractivity (Wildman–Crippen MR) is 173 cm³/mol. The minimum Gasteiger partial charge on any atom is -0.358 e. The van der Waals surface area contributed by atoms with Crippen LogP contribution in [0.3, 0.4) is 0 Å². The second kappa shape index (κ2) is 13.0. The van der Waals surface area contributed by atoms with Crippen LogP contribution in [0.2, 0.25) is 0 Å². The number of rotatable bonds is 10. The van der Waals surface area contributed by atoms with Gasteiger partial charge >= 0.3 is 5.69 Å². The van der Waals surface area contributed by atoms with Gasteiger partial charge in [-0.25, -0.2) is 4.79 Å². The first kappa shape index (κ1) is 31.4. The zero-order valence-electron chi connectivity index (χ0n) is 25.4. The molecule has 0 radical (unpaired) electrons. The number of aryl methyl sites for hydroxylation is 2. The Kier molecular flexibility index (Phi) is 8.88. The minimum absolute atomic E-state index is 0.00507. The Hall–Kier alpha value is -4.61. The molecule has 5 aromatic rings. The van der Waals surface area contributed by atoms with Crippen molar-refractivity contribution in [3.8, 4) is 0 Å². The van der Waals surface area contributed by atoms with Crippen molar-refractivity contribution in [1.29, 1.82) is 0 Å². The molecule has 0 spiro atoms. The standard InChI is InChI=1S/C36H34N2O7S/c1-25-18-20-30(21-19-25)46(41,42)45-31-22-33(38-23-26(2)34(39)37-35(38)40)44-32(31)24-43-36(27-12-6-3-7-13-27,28-14-8-4-9-15-28)29-16-10-5-11-17-29/h3-21,23,31-33H,22,24H2,1-2H3,(H,37,39,40)/t31-,32-,33+/m1/s1. The van der Waals surface area contributed by atoms with Crippen molar-refractivity contribution in [3.05, 3.63) is 170 Å². The lowest BCUT2D eigenvalue weighted by molar-refractivity contribution is -0.0911. The van der Waals surface area contributed by atoms with Gasteiger partial charge in [-0.1, -0.05) is 109 Å². The van der Waals surface area contributed by atoms with E-state index in [1.165, 1.54) is 22.9 Å². The lowest BCUT2D eigenvalue weighted by Crippen LogP contribution is -2.39. The van der Waals surface area contributed by atoms with Crippen molar-refractivity contribution < 1.29 is 22.1 Å². The zero-order valence-corrected chi connectivity index (χ0v) is 26.2. The number of ether oxygens (including phenoxy) is 2. The largest absolute Gasteiger partial charge is 0.358 e. The zero-order chi connectivity index (χ0) is 32.3. The van der Waals surface area contributed by atoms with Crippen molar-refractivity contribution >= 4 is 10.1 Å². The molecule has 4 aromatic carbocycles. The van der Waals surface area contributed by atoms with E-state index in [4.69, 9.17) is 13.7 Å². The Morgan fingerprint density at radius 2 is 1.33 bits per heavy atom. The third-order valence-corrected chi connectivity index (χ3v) is 9.55. The molecule has 1 aliphatic heterocycles. The topological polar surface area (TPSA) is 117 Å². The van der Waals surface area contributed by atoms with Crippen LogP contribution in [0.15, 0.2) is 136 Å². The Balaban J connectivity index is 1.41. The normalized spacial score (nSPS) is 18.4. The van der Waals surface area contributed by atoms with Crippen LogP contribution < -0.4 is 11.2 Å². The number of nitrogens with zero attached hydrogens (tertiary/aromatic N) is 1. The molecule has 236 valence electrons. The van der Waals surface area contributed by atoms with Crippen molar-refractivity contribution in [3.63, 3.8) is 0 Å². The lowest BCUT2D eigenvalue weighted by Gasteiger charge is -2.37. The highest BCUT2D eigenvalue weighted by Crippen LogP contribution is 2.42. The molecule has 9 nitrogen and oxygen atoms in total. The fourth-order valence-electron chi connectivity index (χ4n) is 5.82. The summed E-state index contributed by atoms with van der Waals surface area (Å²) in [5.41, 5.74) is 1.52. The molecule has 6 rings (SSSR count). The second-order valence-electron chi connectivity index (χ2n) is 11.3. The number of aromatic amines is 1. The number of hydrogen-bond acceptors (Lipinski definition) is 7. The molecule has 1 N–H and O–H groups in total. The highest BCUT2D eigenvalue weighted by atomic mass is 32.2. The maximum atomic E-state index is 13.5. The molecule has 0 saturated carbocycles. The molecular weight excluding hydrogens is 604 g/mol. The average molecular weight is 639 g/mol. The summed E-state index contributed by atoms with van der Waals surface area (Å²) in [6.45, 7) is 3.34. The van der Waals surface area contributed by atoms with Gasteiger partial charge in [-0.05, 0) is 42.7 Å². The van der Waals surface area contributed by atoms with Crippen LogP contribution in [0.1, 0.15) is 40.5 Å². The van der Waals surface area contributed by atoms with Gasteiger partial charge in [0.15, 0.2) is 0 Å². The summed E-state index contributed by atoms with van der Waals surface area (Å²) in [5, 5.41) is 0. The third kappa shape index (κ3) is 6.25. The molecule has 3 atom stereocenters. The van der Waals surface area contributed by atoms with Crippen LogP contribution in [-0.4, -0.2) is 36.8 Å². The van der Waals surface area contributed by atoms with Gasteiger partial charge in [-0.15, -0.1) is 0 Å². The van der Waals surface area contributed by atoms with E-state index in [0.29, 0.717) is 5.56 Å². The first-order valence-electron chi connectivity index (χ1n) is 15.0. The maximum absolute atomic E-state index is 13.5. The summed E-state index contributed by atoms with van der Waals surface area (Å²) in [4.78, 5) is 27.2. The van der Waals surface area contributed by atoms with Gasteiger partial charge in [0.05, 0.1) is 11.5 Å². The van der Waals surface area contributed by atoms with E-state index in [0.717, 1.165) is 22.3 Å². The van der Waals surface area contributed by atoms with Gasteiger partial charge in [-0.2, -0.15) is 8.42 Å². The molecule has 10 heteroatoms. The highest BCUT2D eigenvalue weighted by molar-refractivity contribution is 7.86. The summed E-state index contributed by atoms with van der Waals surface area (Å²) in [6.07, 6.45) is -1.44. The van der Waals surface area contributed by atoms with Gasteiger partial charge in [-0.3, -0.25) is 18.5 Å². The Bertz CT molecular complexity index is 1910. The van der Waals surface area contributed by atoms with Crippen molar-refractivity contribution in [2.24, 2.45) is 0 Å². The van der Waals surface area contributed by atoms with Gasteiger partial charge < -0.3 is 9.47 Å². The first-order chi connectivity index (χ1) is 22.2. The summed E-state index contributed by atoms with van der Waals surface area (Å²) >= 11 is 0. The van der Waals surface area contributed by atoms with E-state index < -0.39 is 45.4 Å². The maximum Gasteiger partial charge on any atom is 0.330 e. The molecule has 1 aromatic heterocycles. The van der Waals surface area contributed by atoms with Gasteiger partial charge in [0.1, 0.15) is 24.0 Å². The van der Waals surface area contributed by atoms with E-state index >= 15 is 0 Å². The molecule has 1 saturated heterocycles. The Labute approximate surface area is 267 Å². The highest BCUT2D eigenvalue weighted by Gasteiger charge is 2.44. The molecular formula is C36H34N2O7S. The summed E-state index contributed by atoms with van der Waals surface area (Å²) in [6, 6.07) is 35.7. The molecule has 46 heavy (non-hydrogen) atoms. The monoisotopic (exact) mass is 638 g/mol. The number of nitrogens with one attached hydrogen (secondary N) is 1. The minimum atomic E-state index is -4.22. The Morgan fingerprint density at radius 3 is 1.85 bits per heavy atom. The number of H-pyrrole nitrogens is 1. The van der Waals surface area contributed by atoms with Crippen molar-refractivity contribution in [2.45, 2.75) is 49.2 Å². The lowest BCUT2D eigenvalue weighted by atomic mass is 9.80. The van der Waals surface area contributed by atoms with E-state index in [1.807, 2.05) is 97.9 Å². The van der Waals surface area contributed by atoms with Gasteiger partial charge in [0.25, 0.3) is 15.7 Å². The van der Waals surface area contributed by atoms with E-state index in [9.17, 15) is 18.0 Å². The molecule has 1 fully saturated rings. The Morgan fingerprint density at radius 1 is 0.804 bits per heavy atom. The second-order valence-corrected chi connectivity index (χ2v) is 12.9. The molecule has 0 unspecified atom stereocenters. The first-order valence-corrected chi connectivity index (χ1v) is 16.4. The molecule has 1 aliphatic rings. The van der Waals surface area contributed by atoms with Crippen LogP contribution in [0.4, 0.5) is 0 Å². The fraction of sp³-hybridized carbons (Fsp3) is 0.222. The van der Waals surface area contributed by atoms with Gasteiger partial charge in [0, 0.05) is 18.2 Å². The smallest absolute Gasteiger partial charge is 0.330 e. The van der Waals surface area contributed by atoms with E-state index in [1.54, 1.807) is 19.1 Å². The van der Waals surface area contributed by atoms with Crippen LogP contribution in [-0.2, 0) is 29.4 Å². The van der Waals surface area contributed by atoms with E-state index in [2.05, 4.69) is 4.98 Å². The van der Waals surface area contributed by atoms with Crippen molar-refractivity contribution in [2.75, 3.05) is 6.61 Å². The van der Waals surface area contributed by atoms with Crippen LogP contribution in [0.5, 0.6) is 0 Å². The third-order valence-electron chi connectivity index (χ3n) is 8.20. The fourth-order valence-corrected chi connectivity index (χ4v) is 6.93. The molecule has 0 bridgehead atoms. The number of aromatic nitrogens is 2. The number of hydrogen-bond donors (Lipinski definition) is 1. The summed E-state index contributed by atoms with van der Waals surface area (Å²) < 4.78 is 47.4. The van der Waals surface area contributed by atoms with Crippen LogP contribution >= 0.6 is 0 Å². The molecule has 0 amide bonds. The summed E-state index contributed by atoms with van der Waals surface area (Å²) in [7, 11) is -4.22. The quantitative estimate of drug-likeness (QED) is 0.165. The molecule has 0 aliphatic carbocycles.